The van der Waals surface area contributed by atoms with Crippen LogP contribution in [-0.2, 0) is 0 Å². The van der Waals surface area contributed by atoms with Gasteiger partial charge in [-0.05, 0) is 68.8 Å². The average molecular weight is 502 g/mol. The Kier molecular flexibility index (Phi) is 8.37. The van der Waals surface area contributed by atoms with E-state index in [-0.39, 0.29) is 14.9 Å². The summed E-state index contributed by atoms with van der Waals surface area (Å²) in [4.78, 5) is 14.3. The Bertz CT molecular complexity index is 1680. The van der Waals surface area contributed by atoms with Crippen molar-refractivity contribution in [3.05, 3.63) is 108 Å². The number of benzene rings is 4. The quantitative estimate of drug-likeness (QED) is 0.134. The molecule has 0 aliphatic carbocycles. The minimum Gasteiger partial charge on any atom is -0.264 e. The van der Waals surface area contributed by atoms with Crippen LogP contribution in [0.2, 0.25) is 0 Å². The highest BCUT2D eigenvalue weighted by Gasteiger charge is 2.22. The third-order valence-electron chi connectivity index (χ3n) is 6.58. The summed E-state index contributed by atoms with van der Waals surface area (Å²) < 4.78 is 2.24. The molecule has 0 aliphatic rings. The smallest absolute Gasteiger partial charge is 0.239 e. The predicted octanol–water partition coefficient (Wildman–Crippen LogP) is 9.06. The topological polar surface area (TPSA) is 41.5 Å². The Hall–Kier alpha value is -4.44. The fourth-order valence-electron chi connectivity index (χ4n) is 4.52. The van der Waals surface area contributed by atoms with E-state index in [1.807, 2.05) is 39.0 Å². The van der Waals surface area contributed by atoms with Crippen LogP contribution in [0.5, 0.6) is 0 Å². The van der Waals surface area contributed by atoms with Crippen LogP contribution in [0.4, 0.5) is 11.4 Å². The maximum Gasteiger partial charge on any atom is 0.239 e. The molecule has 0 bridgehead atoms. The van der Waals surface area contributed by atoms with Crippen molar-refractivity contribution >= 4 is 51.4 Å². The Labute approximate surface area is 226 Å². The number of fused-ring (bicyclic) bond motifs is 2. The second-order valence-corrected chi connectivity index (χ2v) is 9.25. The van der Waals surface area contributed by atoms with Gasteiger partial charge in [0, 0.05) is 30.0 Å². The summed E-state index contributed by atoms with van der Waals surface area (Å²) in [6, 6.07) is 27.1. The summed E-state index contributed by atoms with van der Waals surface area (Å²) in [5.41, 5.74) is 13.0. The maximum absolute atomic E-state index is 5.04. The standard InChI is InChI=1S/C32H29N4.2CH4/c1-20(2)24-12-14-25(15-13-24)23(5)34-28-19-32-30(17-22(28)4)35-29-16-21(3)27(33-6)18-31(29)36(32)26-10-8-7-9-11-26;;/h7-19H,1,6H2,2-5H3;2*1H4/q+1;;. The molecule has 38 heavy (non-hydrogen) atoms. The molecule has 1 aromatic heterocycles. The monoisotopic (exact) mass is 501 g/mol. The zero-order chi connectivity index (χ0) is 25.4. The SMILES string of the molecule is C.C.C=Nc1cc2c(cc1C)nc1cc(C)c(N=C(C)c3ccc(C(=C)C)cc3)cc1[n+]2-c1ccccc1. The first kappa shape index (κ1) is 28.1. The molecule has 4 aromatic carbocycles. The van der Waals surface area contributed by atoms with Crippen molar-refractivity contribution in [3.8, 4) is 5.69 Å². The van der Waals surface area contributed by atoms with Crippen molar-refractivity contribution in [2.45, 2.75) is 42.5 Å². The van der Waals surface area contributed by atoms with Crippen LogP contribution in [0.15, 0.2) is 95.4 Å². The van der Waals surface area contributed by atoms with Gasteiger partial charge in [-0.2, -0.15) is 0 Å². The third kappa shape index (κ3) is 5.16. The number of rotatable bonds is 5. The maximum atomic E-state index is 5.04. The van der Waals surface area contributed by atoms with Crippen LogP contribution in [-0.4, -0.2) is 17.4 Å². The van der Waals surface area contributed by atoms with Crippen LogP contribution in [0, 0.1) is 13.8 Å². The van der Waals surface area contributed by atoms with E-state index >= 15 is 0 Å². The van der Waals surface area contributed by atoms with Gasteiger partial charge in [-0.3, -0.25) is 9.98 Å². The molecule has 192 valence electrons. The molecule has 0 saturated heterocycles. The second kappa shape index (κ2) is 11.3. The normalized spacial score (nSPS) is 11.1. The lowest BCUT2D eigenvalue weighted by atomic mass is 10.0. The predicted molar refractivity (Wildman–Crippen MR) is 166 cm³/mol. The minimum atomic E-state index is 0. The molecule has 1 heterocycles. The summed E-state index contributed by atoms with van der Waals surface area (Å²) >= 11 is 0. The van der Waals surface area contributed by atoms with Crippen molar-refractivity contribution in [1.29, 1.82) is 0 Å². The van der Waals surface area contributed by atoms with Crippen LogP contribution >= 0.6 is 0 Å². The Morgan fingerprint density at radius 3 is 1.82 bits per heavy atom. The highest BCUT2D eigenvalue weighted by atomic mass is 15.0. The van der Waals surface area contributed by atoms with Crippen LogP contribution in [0.25, 0.3) is 33.3 Å². The van der Waals surface area contributed by atoms with Crippen molar-refractivity contribution in [3.63, 3.8) is 0 Å². The van der Waals surface area contributed by atoms with Gasteiger partial charge in [-0.15, -0.1) is 4.57 Å². The summed E-state index contributed by atoms with van der Waals surface area (Å²) in [5, 5.41) is 0. The summed E-state index contributed by atoms with van der Waals surface area (Å²) in [5.74, 6) is 0. The molecule has 0 fully saturated rings. The molecular formula is C34H37N4+. The van der Waals surface area contributed by atoms with Gasteiger partial charge < -0.3 is 0 Å². The van der Waals surface area contributed by atoms with Gasteiger partial charge in [0.2, 0.25) is 16.7 Å². The number of hydrogen-bond donors (Lipinski definition) is 0. The van der Waals surface area contributed by atoms with Gasteiger partial charge in [-0.25, -0.2) is 4.98 Å². The Morgan fingerprint density at radius 1 is 0.737 bits per heavy atom. The van der Waals surface area contributed by atoms with Crippen LogP contribution in [0.1, 0.15) is 51.0 Å². The molecular weight excluding hydrogens is 464 g/mol. The largest absolute Gasteiger partial charge is 0.264 e. The molecule has 4 heteroatoms. The molecule has 0 amide bonds. The van der Waals surface area contributed by atoms with Gasteiger partial charge >= 0.3 is 0 Å². The zero-order valence-electron chi connectivity index (χ0n) is 21.2. The number of aromatic nitrogens is 2. The van der Waals surface area contributed by atoms with Crippen molar-refractivity contribution < 1.29 is 4.57 Å². The molecule has 0 aliphatic heterocycles. The highest BCUT2D eigenvalue weighted by molar-refractivity contribution is 6.01. The van der Waals surface area contributed by atoms with E-state index in [1.54, 1.807) is 0 Å². The second-order valence-electron chi connectivity index (χ2n) is 9.25. The minimum absolute atomic E-state index is 0. The third-order valence-corrected chi connectivity index (χ3v) is 6.58. The lowest BCUT2D eigenvalue weighted by Crippen LogP contribution is -2.33. The van der Waals surface area contributed by atoms with Gasteiger partial charge in [0.1, 0.15) is 11.0 Å². The fraction of sp³-hybridized carbons (Fsp3) is 0.176. The van der Waals surface area contributed by atoms with E-state index in [0.717, 1.165) is 72.7 Å². The Morgan fingerprint density at radius 2 is 1.26 bits per heavy atom. The van der Waals surface area contributed by atoms with Crippen molar-refractivity contribution in [2.24, 2.45) is 9.98 Å². The Balaban J connectivity index is 0.00000200. The first-order valence-electron chi connectivity index (χ1n) is 12.0. The van der Waals surface area contributed by atoms with E-state index in [4.69, 9.17) is 9.98 Å². The lowest BCUT2D eigenvalue weighted by Gasteiger charge is -2.10. The summed E-state index contributed by atoms with van der Waals surface area (Å²) in [7, 11) is 0. The number of para-hydroxylation sites is 1. The summed E-state index contributed by atoms with van der Waals surface area (Å²) in [6.45, 7) is 16.0. The van der Waals surface area contributed by atoms with Gasteiger partial charge in [0.15, 0.2) is 0 Å². The molecule has 4 nitrogen and oxygen atoms in total. The molecule has 0 unspecified atom stereocenters. The van der Waals surface area contributed by atoms with Crippen molar-refractivity contribution in [2.75, 3.05) is 0 Å². The van der Waals surface area contributed by atoms with Gasteiger partial charge in [0.25, 0.3) is 0 Å². The molecule has 0 atom stereocenters. The molecule has 5 aromatic rings. The number of allylic oxidation sites excluding steroid dienone is 1. The van der Waals surface area contributed by atoms with Crippen molar-refractivity contribution in [1.82, 2.24) is 4.98 Å². The molecule has 0 saturated carbocycles. The lowest BCUT2D eigenvalue weighted by molar-refractivity contribution is -0.538. The van der Waals surface area contributed by atoms with E-state index in [1.165, 1.54) is 0 Å². The highest BCUT2D eigenvalue weighted by Crippen LogP contribution is 2.29. The number of nitrogens with zero attached hydrogens (tertiary/aromatic N) is 4. The number of aryl methyl sites for hydroxylation is 2. The summed E-state index contributed by atoms with van der Waals surface area (Å²) in [6.07, 6.45) is 0. The van der Waals surface area contributed by atoms with Gasteiger partial charge in [0.05, 0.1) is 11.4 Å². The first-order chi connectivity index (χ1) is 17.4. The molecule has 0 spiro atoms. The van der Waals surface area contributed by atoms with Crippen LogP contribution < -0.4 is 4.57 Å². The zero-order valence-corrected chi connectivity index (χ0v) is 21.2. The molecule has 0 radical (unpaired) electrons. The molecule has 0 N–H and O–H groups in total. The number of hydrogen-bond acceptors (Lipinski definition) is 3. The number of aliphatic imine (C=N–C) groups is 2. The van der Waals surface area contributed by atoms with E-state index in [2.05, 4.69) is 90.4 Å². The average Bonchev–Trinajstić information content (AvgIpc) is 2.88. The van der Waals surface area contributed by atoms with E-state index in [0.29, 0.717) is 0 Å². The van der Waals surface area contributed by atoms with Gasteiger partial charge in [-0.1, -0.05) is 69.5 Å². The van der Waals surface area contributed by atoms with E-state index < -0.39 is 0 Å². The fourth-order valence-corrected chi connectivity index (χ4v) is 4.52. The van der Waals surface area contributed by atoms with Crippen LogP contribution in [0.3, 0.4) is 0 Å². The van der Waals surface area contributed by atoms with E-state index in [9.17, 15) is 0 Å². The first-order valence-corrected chi connectivity index (χ1v) is 12.0. The molecule has 5 rings (SSSR count).